The standard InChI is InChI=1S/C25H30Cl2FN5O/c1-15-10-21(28)23-22(15)24(31-14-30-23)32-6-8-33(9-7-32)25(34)18(13-29-12-16-2-3-16)17-4-5-19(26)20(27)11-17/h4-5,11,14-16,18,21,29H,2-3,6-10,12-13H2,1H3/t15-,18-,21-/m1/s1. The molecule has 182 valence electrons. The minimum atomic E-state index is -1.02. The number of halogens is 3. The van der Waals surface area contributed by atoms with Gasteiger partial charge in [-0.25, -0.2) is 14.4 Å². The van der Waals surface area contributed by atoms with Gasteiger partial charge >= 0.3 is 0 Å². The Labute approximate surface area is 209 Å². The fourth-order valence-electron chi connectivity index (χ4n) is 5.10. The predicted molar refractivity (Wildman–Crippen MR) is 133 cm³/mol. The molecule has 1 saturated heterocycles. The lowest BCUT2D eigenvalue weighted by molar-refractivity contribution is -0.133. The second-order valence-corrected chi connectivity index (χ2v) is 10.6. The van der Waals surface area contributed by atoms with Crippen molar-refractivity contribution >= 4 is 34.9 Å². The summed E-state index contributed by atoms with van der Waals surface area (Å²) in [5.41, 5.74) is 2.33. The zero-order valence-corrected chi connectivity index (χ0v) is 20.8. The van der Waals surface area contributed by atoms with Gasteiger partial charge in [-0.1, -0.05) is 36.2 Å². The maximum absolute atomic E-state index is 14.4. The topological polar surface area (TPSA) is 61.4 Å². The first kappa shape index (κ1) is 23.8. The van der Waals surface area contributed by atoms with Crippen LogP contribution in [0.25, 0.3) is 0 Å². The van der Waals surface area contributed by atoms with E-state index in [1.807, 2.05) is 17.9 Å². The van der Waals surface area contributed by atoms with Crippen LogP contribution in [0.2, 0.25) is 10.0 Å². The van der Waals surface area contributed by atoms with Crippen LogP contribution in [0.1, 0.15) is 61.0 Å². The summed E-state index contributed by atoms with van der Waals surface area (Å²) in [6, 6.07) is 5.46. The van der Waals surface area contributed by atoms with Crippen LogP contribution >= 0.6 is 23.2 Å². The molecular formula is C25H30Cl2FN5O. The van der Waals surface area contributed by atoms with E-state index < -0.39 is 6.17 Å². The monoisotopic (exact) mass is 505 g/mol. The van der Waals surface area contributed by atoms with Gasteiger partial charge in [-0.2, -0.15) is 0 Å². The number of aromatic nitrogens is 2. The van der Waals surface area contributed by atoms with E-state index in [0.29, 0.717) is 54.9 Å². The van der Waals surface area contributed by atoms with Gasteiger partial charge in [0.15, 0.2) is 0 Å². The fraction of sp³-hybridized carbons (Fsp3) is 0.560. The van der Waals surface area contributed by atoms with Crippen LogP contribution in [0.4, 0.5) is 10.2 Å². The number of nitrogens with zero attached hydrogens (tertiary/aromatic N) is 4. The Hall–Kier alpha value is -1.96. The Balaban J connectivity index is 1.28. The maximum Gasteiger partial charge on any atom is 0.231 e. The summed E-state index contributed by atoms with van der Waals surface area (Å²) >= 11 is 12.4. The van der Waals surface area contributed by atoms with Crippen molar-refractivity contribution in [2.75, 3.05) is 44.2 Å². The number of rotatable bonds is 7. The van der Waals surface area contributed by atoms with E-state index in [1.54, 1.807) is 12.1 Å². The number of anilines is 1. The van der Waals surface area contributed by atoms with Gasteiger partial charge in [-0.05, 0) is 55.3 Å². The Morgan fingerprint density at radius 2 is 1.94 bits per heavy atom. The average molecular weight is 506 g/mol. The second-order valence-electron chi connectivity index (χ2n) is 9.74. The molecule has 2 aromatic rings. The summed E-state index contributed by atoms with van der Waals surface area (Å²) in [5, 5.41) is 4.43. The number of carbonyl (C=O) groups is 1. The largest absolute Gasteiger partial charge is 0.353 e. The van der Waals surface area contributed by atoms with Crippen LogP contribution in [0.15, 0.2) is 24.5 Å². The van der Waals surface area contributed by atoms with E-state index in [2.05, 4.69) is 20.2 Å². The molecule has 2 aliphatic carbocycles. The van der Waals surface area contributed by atoms with Crippen LogP contribution in [-0.4, -0.2) is 60.0 Å². The third kappa shape index (κ3) is 4.88. The summed E-state index contributed by atoms with van der Waals surface area (Å²) < 4.78 is 14.4. The lowest BCUT2D eigenvalue weighted by atomic mass is 9.96. The SMILES string of the molecule is C[C@@H]1C[C@@H](F)c2ncnc(N3CCN(C(=O)[C@H](CNCC4CC4)c4ccc(Cl)c(Cl)c4)CC3)c21. The van der Waals surface area contributed by atoms with Gasteiger partial charge in [-0.15, -0.1) is 0 Å². The van der Waals surface area contributed by atoms with E-state index in [9.17, 15) is 9.18 Å². The number of hydrogen-bond donors (Lipinski definition) is 1. The van der Waals surface area contributed by atoms with E-state index in [-0.39, 0.29) is 17.7 Å². The highest BCUT2D eigenvalue weighted by atomic mass is 35.5. The van der Waals surface area contributed by atoms with E-state index in [4.69, 9.17) is 23.2 Å². The first-order valence-electron chi connectivity index (χ1n) is 12.1. The molecule has 3 atom stereocenters. The van der Waals surface area contributed by atoms with Crippen molar-refractivity contribution in [1.82, 2.24) is 20.2 Å². The highest BCUT2D eigenvalue weighted by molar-refractivity contribution is 6.42. The minimum Gasteiger partial charge on any atom is -0.353 e. The lowest BCUT2D eigenvalue weighted by Crippen LogP contribution is -2.51. The summed E-state index contributed by atoms with van der Waals surface area (Å²) in [7, 11) is 0. The normalized spacial score (nSPS) is 23.2. The fourth-order valence-corrected chi connectivity index (χ4v) is 5.41. The molecule has 1 aromatic heterocycles. The Morgan fingerprint density at radius 3 is 2.65 bits per heavy atom. The average Bonchev–Trinajstić information content (AvgIpc) is 3.62. The molecule has 1 amide bonds. The van der Waals surface area contributed by atoms with E-state index in [1.165, 1.54) is 19.2 Å². The summed E-state index contributed by atoms with van der Waals surface area (Å²) in [5.74, 6) is 1.41. The van der Waals surface area contributed by atoms with Gasteiger partial charge in [0.25, 0.3) is 0 Å². The molecule has 2 heterocycles. The number of benzene rings is 1. The zero-order valence-electron chi connectivity index (χ0n) is 19.3. The molecule has 0 unspecified atom stereocenters. The van der Waals surface area contributed by atoms with Crippen molar-refractivity contribution in [2.24, 2.45) is 5.92 Å². The Bertz CT molecular complexity index is 1060. The molecule has 1 aromatic carbocycles. The quantitative estimate of drug-likeness (QED) is 0.589. The summed E-state index contributed by atoms with van der Waals surface area (Å²) in [6.45, 7) is 6.03. The molecule has 9 heteroatoms. The molecular weight excluding hydrogens is 476 g/mol. The number of fused-ring (bicyclic) bond motifs is 1. The highest BCUT2D eigenvalue weighted by Gasteiger charge is 2.36. The molecule has 6 nitrogen and oxygen atoms in total. The Morgan fingerprint density at radius 1 is 1.18 bits per heavy atom. The lowest BCUT2D eigenvalue weighted by Gasteiger charge is -2.38. The molecule has 0 spiro atoms. The van der Waals surface area contributed by atoms with Gasteiger partial charge in [0.05, 0.1) is 21.7 Å². The molecule has 1 saturated carbocycles. The van der Waals surface area contributed by atoms with Crippen molar-refractivity contribution in [2.45, 2.75) is 44.2 Å². The van der Waals surface area contributed by atoms with Gasteiger partial charge in [-0.3, -0.25) is 4.79 Å². The summed E-state index contributed by atoms with van der Waals surface area (Å²) in [4.78, 5) is 26.4. The van der Waals surface area contributed by atoms with Crippen LogP contribution in [-0.2, 0) is 4.79 Å². The van der Waals surface area contributed by atoms with Crippen LogP contribution in [0, 0.1) is 5.92 Å². The van der Waals surface area contributed by atoms with Crippen molar-refractivity contribution in [3.8, 4) is 0 Å². The molecule has 1 aliphatic heterocycles. The molecule has 5 rings (SSSR count). The molecule has 0 bridgehead atoms. The number of amides is 1. The maximum atomic E-state index is 14.4. The number of hydrogen-bond acceptors (Lipinski definition) is 5. The Kier molecular flexibility index (Phi) is 6.96. The van der Waals surface area contributed by atoms with Crippen molar-refractivity contribution in [3.63, 3.8) is 0 Å². The predicted octanol–water partition coefficient (Wildman–Crippen LogP) is 4.73. The summed E-state index contributed by atoms with van der Waals surface area (Å²) in [6.07, 6.45) is 3.41. The van der Waals surface area contributed by atoms with Gasteiger partial charge in [0, 0.05) is 38.3 Å². The zero-order chi connectivity index (χ0) is 23.8. The number of nitrogens with one attached hydrogen (secondary N) is 1. The van der Waals surface area contributed by atoms with Crippen molar-refractivity contribution < 1.29 is 9.18 Å². The molecule has 0 radical (unpaired) electrons. The highest BCUT2D eigenvalue weighted by Crippen LogP contribution is 2.44. The van der Waals surface area contributed by atoms with Gasteiger partial charge in [0.2, 0.25) is 5.91 Å². The molecule has 2 fully saturated rings. The van der Waals surface area contributed by atoms with Crippen LogP contribution in [0.5, 0.6) is 0 Å². The van der Waals surface area contributed by atoms with Crippen molar-refractivity contribution in [1.29, 1.82) is 0 Å². The third-order valence-electron chi connectivity index (χ3n) is 7.26. The number of piperazine rings is 1. The molecule has 1 N–H and O–H groups in total. The van der Waals surface area contributed by atoms with Gasteiger partial charge < -0.3 is 15.1 Å². The minimum absolute atomic E-state index is 0.0893. The first-order chi connectivity index (χ1) is 16.4. The first-order valence-corrected chi connectivity index (χ1v) is 12.9. The smallest absolute Gasteiger partial charge is 0.231 e. The van der Waals surface area contributed by atoms with E-state index in [0.717, 1.165) is 29.4 Å². The van der Waals surface area contributed by atoms with Crippen molar-refractivity contribution in [3.05, 3.63) is 51.4 Å². The van der Waals surface area contributed by atoms with Crippen LogP contribution < -0.4 is 10.2 Å². The second kappa shape index (κ2) is 9.96. The molecule has 3 aliphatic rings. The van der Waals surface area contributed by atoms with Gasteiger partial charge in [0.1, 0.15) is 18.3 Å². The molecule has 34 heavy (non-hydrogen) atoms. The van der Waals surface area contributed by atoms with E-state index >= 15 is 0 Å². The number of carbonyl (C=O) groups excluding carboxylic acids is 1. The number of alkyl halides is 1. The third-order valence-corrected chi connectivity index (χ3v) is 8.00. The van der Waals surface area contributed by atoms with Crippen LogP contribution in [0.3, 0.4) is 0 Å².